The summed E-state index contributed by atoms with van der Waals surface area (Å²) in [5.74, 6) is -0.241. The molecule has 0 saturated heterocycles. The molecular formula is C20H20N4O3S. The molecule has 1 amide bonds. The van der Waals surface area contributed by atoms with E-state index in [1.54, 1.807) is 30.4 Å². The van der Waals surface area contributed by atoms with E-state index in [1.165, 1.54) is 34.1 Å². The molecule has 2 heterocycles. The summed E-state index contributed by atoms with van der Waals surface area (Å²) in [5, 5.41) is 13.9. The molecule has 0 bridgehead atoms. The van der Waals surface area contributed by atoms with Crippen LogP contribution in [-0.4, -0.2) is 26.8 Å². The lowest BCUT2D eigenvalue weighted by Gasteiger charge is -2.14. The standard InChI is InChI=1S/C20H20N4O3S/c1-12(18(26)23-22-10-13-6-8-14(25)9-7-13)24-11-21-19-17(20(24)27)15-4-2-3-5-16(15)28-19/h6-12,25H,2-5H2,1H3,(H,23,26)/b22-10+. The summed E-state index contributed by atoms with van der Waals surface area (Å²) in [6.45, 7) is 1.65. The van der Waals surface area contributed by atoms with E-state index in [0.717, 1.165) is 41.6 Å². The monoisotopic (exact) mass is 396 g/mol. The third kappa shape index (κ3) is 3.43. The van der Waals surface area contributed by atoms with E-state index in [-0.39, 0.29) is 11.3 Å². The summed E-state index contributed by atoms with van der Waals surface area (Å²) in [6, 6.07) is 5.69. The van der Waals surface area contributed by atoms with Crippen molar-refractivity contribution in [2.45, 2.75) is 38.6 Å². The molecule has 1 atom stereocenters. The quantitative estimate of drug-likeness (QED) is 0.523. The Morgan fingerprint density at radius 1 is 1.32 bits per heavy atom. The zero-order valence-electron chi connectivity index (χ0n) is 15.4. The number of phenols is 1. The van der Waals surface area contributed by atoms with Gasteiger partial charge >= 0.3 is 0 Å². The predicted octanol–water partition coefficient (Wildman–Crippen LogP) is 2.75. The molecule has 3 aromatic rings. The maximum Gasteiger partial charge on any atom is 0.263 e. The van der Waals surface area contributed by atoms with E-state index in [0.29, 0.717) is 5.39 Å². The minimum atomic E-state index is -0.736. The third-order valence-electron chi connectivity index (χ3n) is 4.98. The van der Waals surface area contributed by atoms with Crippen LogP contribution in [-0.2, 0) is 17.6 Å². The van der Waals surface area contributed by atoms with E-state index in [9.17, 15) is 14.7 Å². The normalized spacial score (nSPS) is 14.9. The summed E-state index contributed by atoms with van der Waals surface area (Å²) < 4.78 is 1.37. The Bertz CT molecular complexity index is 1110. The minimum Gasteiger partial charge on any atom is -0.508 e. The number of hydrogen-bond acceptors (Lipinski definition) is 6. The number of hydrazone groups is 1. The fourth-order valence-corrected chi connectivity index (χ4v) is 4.61. The molecule has 2 N–H and O–H groups in total. The predicted molar refractivity (Wildman–Crippen MR) is 109 cm³/mol. The average Bonchev–Trinajstić information content (AvgIpc) is 3.08. The first-order chi connectivity index (χ1) is 13.5. The Balaban J connectivity index is 1.55. The van der Waals surface area contributed by atoms with Gasteiger partial charge in [-0.05, 0) is 68.0 Å². The SMILES string of the molecule is CC(C(=O)N/N=C/c1ccc(O)cc1)n1cnc2sc3c(c2c1=O)CCCC3. The largest absolute Gasteiger partial charge is 0.508 e. The first-order valence-electron chi connectivity index (χ1n) is 9.18. The van der Waals surface area contributed by atoms with Crippen molar-refractivity contribution >= 4 is 33.7 Å². The number of benzene rings is 1. The van der Waals surface area contributed by atoms with Crippen LogP contribution in [0, 0.1) is 0 Å². The molecule has 0 saturated carbocycles. The molecule has 28 heavy (non-hydrogen) atoms. The van der Waals surface area contributed by atoms with E-state index in [2.05, 4.69) is 15.5 Å². The van der Waals surface area contributed by atoms with Crippen LogP contribution in [0.4, 0.5) is 0 Å². The van der Waals surface area contributed by atoms with Crippen LogP contribution >= 0.6 is 11.3 Å². The average molecular weight is 396 g/mol. The van der Waals surface area contributed by atoms with Crippen LogP contribution in [0.1, 0.15) is 41.8 Å². The fraction of sp³-hybridized carbons (Fsp3) is 0.300. The van der Waals surface area contributed by atoms with Gasteiger partial charge in [0.25, 0.3) is 11.5 Å². The van der Waals surface area contributed by atoms with Crippen molar-refractivity contribution in [1.29, 1.82) is 0 Å². The second-order valence-corrected chi connectivity index (χ2v) is 7.93. The molecule has 7 nitrogen and oxygen atoms in total. The highest BCUT2D eigenvalue weighted by Gasteiger charge is 2.23. The van der Waals surface area contributed by atoms with Crippen molar-refractivity contribution in [2.24, 2.45) is 5.10 Å². The topological polar surface area (TPSA) is 96.6 Å². The number of amides is 1. The number of phenolic OH excluding ortho intramolecular Hbond substituents is 1. The lowest BCUT2D eigenvalue weighted by molar-refractivity contribution is -0.123. The highest BCUT2D eigenvalue weighted by Crippen LogP contribution is 2.33. The number of rotatable bonds is 4. The van der Waals surface area contributed by atoms with Gasteiger partial charge in [-0.25, -0.2) is 10.4 Å². The van der Waals surface area contributed by atoms with Crippen LogP contribution < -0.4 is 11.0 Å². The Kier molecular flexibility index (Phi) is 4.95. The Labute approximate surface area is 165 Å². The van der Waals surface area contributed by atoms with E-state index < -0.39 is 11.9 Å². The van der Waals surface area contributed by atoms with Crippen LogP contribution in [0.2, 0.25) is 0 Å². The maximum atomic E-state index is 13.0. The number of carbonyl (C=O) groups is 1. The van der Waals surface area contributed by atoms with Gasteiger partial charge in [0, 0.05) is 4.88 Å². The highest BCUT2D eigenvalue weighted by molar-refractivity contribution is 7.18. The van der Waals surface area contributed by atoms with E-state index >= 15 is 0 Å². The van der Waals surface area contributed by atoms with Gasteiger partial charge < -0.3 is 5.11 Å². The van der Waals surface area contributed by atoms with Gasteiger partial charge in [-0.1, -0.05) is 0 Å². The summed E-state index contributed by atoms with van der Waals surface area (Å²) in [5.41, 5.74) is 4.13. The summed E-state index contributed by atoms with van der Waals surface area (Å²) in [4.78, 5) is 31.9. The lowest BCUT2D eigenvalue weighted by Crippen LogP contribution is -2.34. The van der Waals surface area contributed by atoms with Gasteiger partial charge in [0.2, 0.25) is 0 Å². The van der Waals surface area contributed by atoms with E-state index in [1.807, 2.05) is 0 Å². The van der Waals surface area contributed by atoms with Crippen LogP contribution in [0.3, 0.4) is 0 Å². The van der Waals surface area contributed by atoms with Crippen LogP contribution in [0.25, 0.3) is 10.2 Å². The van der Waals surface area contributed by atoms with Crippen molar-refractivity contribution in [3.8, 4) is 5.75 Å². The molecule has 0 fully saturated rings. The van der Waals surface area contributed by atoms with Crippen LogP contribution in [0.15, 0.2) is 40.5 Å². The van der Waals surface area contributed by atoms with Crippen molar-refractivity contribution in [2.75, 3.05) is 0 Å². The number of thiophene rings is 1. The summed E-state index contributed by atoms with van der Waals surface area (Å²) in [6.07, 6.45) is 7.04. The van der Waals surface area contributed by atoms with Crippen molar-refractivity contribution in [3.63, 3.8) is 0 Å². The molecule has 8 heteroatoms. The number of fused-ring (bicyclic) bond motifs is 3. The fourth-order valence-electron chi connectivity index (χ4n) is 3.39. The summed E-state index contributed by atoms with van der Waals surface area (Å²) >= 11 is 1.59. The van der Waals surface area contributed by atoms with Crippen molar-refractivity contribution in [3.05, 3.63) is 57.0 Å². The Hall–Kier alpha value is -3.00. The molecule has 2 aromatic heterocycles. The Morgan fingerprint density at radius 2 is 2.07 bits per heavy atom. The van der Waals surface area contributed by atoms with Crippen molar-refractivity contribution in [1.82, 2.24) is 15.0 Å². The van der Waals surface area contributed by atoms with Gasteiger partial charge in [0.05, 0.1) is 17.9 Å². The second kappa shape index (κ2) is 7.55. The maximum absolute atomic E-state index is 13.0. The minimum absolute atomic E-state index is 0.160. The molecule has 1 aliphatic carbocycles. The first-order valence-corrected chi connectivity index (χ1v) is 9.99. The van der Waals surface area contributed by atoms with Crippen molar-refractivity contribution < 1.29 is 9.90 Å². The zero-order valence-corrected chi connectivity index (χ0v) is 16.2. The molecule has 0 aliphatic heterocycles. The number of carbonyl (C=O) groups excluding carboxylic acids is 1. The number of aromatic nitrogens is 2. The lowest BCUT2D eigenvalue weighted by atomic mass is 9.97. The second-order valence-electron chi connectivity index (χ2n) is 6.85. The van der Waals surface area contributed by atoms with Crippen LogP contribution in [0.5, 0.6) is 5.75 Å². The smallest absolute Gasteiger partial charge is 0.263 e. The van der Waals surface area contributed by atoms with Gasteiger partial charge in [-0.15, -0.1) is 11.3 Å². The number of aryl methyl sites for hydroxylation is 2. The third-order valence-corrected chi connectivity index (χ3v) is 6.18. The molecule has 0 radical (unpaired) electrons. The number of nitrogens with one attached hydrogen (secondary N) is 1. The molecule has 4 rings (SSSR count). The number of nitrogens with zero attached hydrogens (tertiary/aromatic N) is 3. The summed E-state index contributed by atoms with van der Waals surface area (Å²) in [7, 11) is 0. The molecule has 0 spiro atoms. The van der Waals surface area contributed by atoms with Gasteiger partial charge in [0.1, 0.15) is 16.6 Å². The highest BCUT2D eigenvalue weighted by atomic mass is 32.1. The van der Waals surface area contributed by atoms with Gasteiger partial charge in [-0.2, -0.15) is 5.10 Å². The Morgan fingerprint density at radius 3 is 2.86 bits per heavy atom. The molecule has 1 aliphatic rings. The molecule has 1 unspecified atom stereocenters. The number of hydrogen-bond donors (Lipinski definition) is 2. The molecular weight excluding hydrogens is 376 g/mol. The first kappa shape index (κ1) is 18.4. The van der Waals surface area contributed by atoms with E-state index in [4.69, 9.17) is 0 Å². The van der Waals surface area contributed by atoms with Gasteiger partial charge in [0.15, 0.2) is 0 Å². The number of aromatic hydroxyl groups is 1. The van der Waals surface area contributed by atoms with Gasteiger partial charge in [-0.3, -0.25) is 14.2 Å². The molecule has 1 aromatic carbocycles. The zero-order chi connectivity index (χ0) is 19.7. The molecule has 144 valence electrons.